The predicted molar refractivity (Wildman–Crippen MR) is 66.5 cm³/mol. The lowest BCUT2D eigenvalue weighted by atomic mass is 10.1. The number of hydrogen-bond donors (Lipinski definition) is 2. The van der Waals surface area contributed by atoms with E-state index in [1.165, 1.54) is 0 Å². The van der Waals surface area contributed by atoms with Crippen molar-refractivity contribution in [3.8, 4) is 5.75 Å². The van der Waals surface area contributed by atoms with Crippen LogP contribution in [0.25, 0.3) is 0 Å². The van der Waals surface area contributed by atoms with E-state index in [0.29, 0.717) is 18.7 Å². The molecule has 4 heteroatoms. The van der Waals surface area contributed by atoms with Gasteiger partial charge in [0.15, 0.2) is 6.10 Å². The zero-order valence-corrected chi connectivity index (χ0v) is 10.5. The largest absolute Gasteiger partial charge is 0.479 e. The standard InChI is InChI=1S/C13H19NO3/c1-9-4-5-11(10(2)8-9)17-12(13(15)16)6-7-14-3/h4-5,8,12,14H,6-7H2,1-3H3,(H,15,16). The van der Waals surface area contributed by atoms with Gasteiger partial charge in [0.25, 0.3) is 0 Å². The fraction of sp³-hybridized carbons (Fsp3) is 0.462. The summed E-state index contributed by atoms with van der Waals surface area (Å²) >= 11 is 0. The first-order chi connectivity index (χ1) is 8.04. The Morgan fingerprint density at radius 3 is 2.71 bits per heavy atom. The smallest absolute Gasteiger partial charge is 0.344 e. The van der Waals surface area contributed by atoms with Gasteiger partial charge in [0.2, 0.25) is 0 Å². The molecule has 0 aliphatic carbocycles. The van der Waals surface area contributed by atoms with E-state index in [4.69, 9.17) is 9.84 Å². The van der Waals surface area contributed by atoms with Crippen LogP contribution >= 0.6 is 0 Å². The van der Waals surface area contributed by atoms with Gasteiger partial charge >= 0.3 is 5.97 Å². The molecule has 0 spiro atoms. The highest BCUT2D eigenvalue weighted by Crippen LogP contribution is 2.20. The van der Waals surface area contributed by atoms with Crippen LogP contribution in [0.1, 0.15) is 17.5 Å². The Balaban J connectivity index is 2.75. The molecule has 4 nitrogen and oxygen atoms in total. The molecule has 1 aromatic carbocycles. The van der Waals surface area contributed by atoms with Crippen LogP contribution in [0.4, 0.5) is 0 Å². The summed E-state index contributed by atoms with van der Waals surface area (Å²) < 4.78 is 5.52. The minimum absolute atomic E-state index is 0.444. The summed E-state index contributed by atoms with van der Waals surface area (Å²) in [5.74, 6) is -0.292. The zero-order chi connectivity index (χ0) is 12.8. The second kappa shape index (κ2) is 6.25. The molecule has 0 saturated carbocycles. The van der Waals surface area contributed by atoms with Gasteiger partial charge < -0.3 is 15.2 Å². The van der Waals surface area contributed by atoms with Crippen molar-refractivity contribution in [2.45, 2.75) is 26.4 Å². The van der Waals surface area contributed by atoms with Crippen LogP contribution < -0.4 is 10.1 Å². The van der Waals surface area contributed by atoms with Crippen molar-refractivity contribution in [2.75, 3.05) is 13.6 Å². The molecule has 0 aromatic heterocycles. The molecule has 0 aliphatic heterocycles. The van der Waals surface area contributed by atoms with Crippen LogP contribution in [-0.4, -0.2) is 30.8 Å². The van der Waals surface area contributed by atoms with Crippen molar-refractivity contribution in [1.82, 2.24) is 5.32 Å². The van der Waals surface area contributed by atoms with Gasteiger partial charge in [-0.15, -0.1) is 0 Å². The lowest BCUT2D eigenvalue weighted by Crippen LogP contribution is -2.30. The normalized spacial score (nSPS) is 12.2. The average Bonchev–Trinajstić information content (AvgIpc) is 2.26. The first-order valence-corrected chi connectivity index (χ1v) is 5.66. The summed E-state index contributed by atoms with van der Waals surface area (Å²) in [4.78, 5) is 11.0. The highest BCUT2D eigenvalue weighted by Gasteiger charge is 2.19. The average molecular weight is 237 g/mol. The van der Waals surface area contributed by atoms with Gasteiger partial charge in [0, 0.05) is 6.42 Å². The van der Waals surface area contributed by atoms with Gasteiger partial charge in [-0.2, -0.15) is 0 Å². The molecule has 2 N–H and O–H groups in total. The summed E-state index contributed by atoms with van der Waals surface area (Å²) in [6.07, 6.45) is -0.358. The summed E-state index contributed by atoms with van der Waals surface area (Å²) in [5.41, 5.74) is 2.10. The van der Waals surface area contributed by atoms with Gasteiger partial charge in [-0.3, -0.25) is 0 Å². The van der Waals surface area contributed by atoms with Crippen molar-refractivity contribution < 1.29 is 14.6 Å². The van der Waals surface area contributed by atoms with Crippen molar-refractivity contribution >= 4 is 5.97 Å². The van der Waals surface area contributed by atoms with Gasteiger partial charge in [-0.1, -0.05) is 17.7 Å². The molecule has 1 rings (SSSR count). The van der Waals surface area contributed by atoms with E-state index in [1.54, 1.807) is 7.05 Å². The maximum Gasteiger partial charge on any atom is 0.344 e. The topological polar surface area (TPSA) is 58.6 Å². The summed E-state index contributed by atoms with van der Waals surface area (Å²) in [7, 11) is 1.79. The van der Waals surface area contributed by atoms with Crippen molar-refractivity contribution in [3.63, 3.8) is 0 Å². The number of nitrogens with one attached hydrogen (secondary N) is 1. The first kappa shape index (κ1) is 13.5. The summed E-state index contributed by atoms with van der Waals surface area (Å²) in [6, 6.07) is 5.71. The Labute approximate surface area is 102 Å². The van der Waals surface area contributed by atoms with Crippen LogP contribution in [0.15, 0.2) is 18.2 Å². The zero-order valence-electron chi connectivity index (χ0n) is 10.5. The van der Waals surface area contributed by atoms with E-state index < -0.39 is 12.1 Å². The molecule has 0 amide bonds. The molecule has 0 fully saturated rings. The number of aryl methyl sites for hydroxylation is 2. The molecular formula is C13H19NO3. The van der Waals surface area contributed by atoms with Gasteiger partial charge in [-0.05, 0) is 39.1 Å². The van der Waals surface area contributed by atoms with Crippen LogP contribution in [-0.2, 0) is 4.79 Å². The van der Waals surface area contributed by atoms with Crippen LogP contribution in [0.5, 0.6) is 5.75 Å². The minimum Gasteiger partial charge on any atom is -0.479 e. The number of carboxylic acids is 1. The maximum absolute atomic E-state index is 11.0. The van der Waals surface area contributed by atoms with Gasteiger partial charge in [0.1, 0.15) is 5.75 Å². The molecule has 1 aromatic rings. The van der Waals surface area contributed by atoms with E-state index in [1.807, 2.05) is 32.0 Å². The molecule has 1 atom stereocenters. The number of benzene rings is 1. The fourth-order valence-corrected chi connectivity index (χ4v) is 1.59. The summed E-state index contributed by atoms with van der Waals surface area (Å²) in [6.45, 7) is 4.52. The predicted octanol–water partition coefficient (Wildman–Crippen LogP) is 1.74. The molecule has 0 radical (unpaired) electrons. The molecule has 0 heterocycles. The number of carbonyl (C=O) groups is 1. The molecule has 94 valence electrons. The van der Waals surface area contributed by atoms with Crippen LogP contribution in [0.3, 0.4) is 0 Å². The van der Waals surface area contributed by atoms with Crippen LogP contribution in [0.2, 0.25) is 0 Å². The highest BCUT2D eigenvalue weighted by molar-refractivity contribution is 5.72. The van der Waals surface area contributed by atoms with E-state index in [0.717, 1.165) is 11.1 Å². The van der Waals surface area contributed by atoms with E-state index >= 15 is 0 Å². The Morgan fingerprint density at radius 1 is 1.47 bits per heavy atom. The fourth-order valence-electron chi connectivity index (χ4n) is 1.59. The second-order valence-electron chi connectivity index (χ2n) is 4.11. The number of aliphatic carboxylic acids is 1. The molecule has 17 heavy (non-hydrogen) atoms. The third-order valence-electron chi connectivity index (χ3n) is 2.53. The SMILES string of the molecule is CNCCC(Oc1ccc(C)cc1C)C(=O)O. The quantitative estimate of drug-likeness (QED) is 0.791. The van der Waals surface area contributed by atoms with Crippen molar-refractivity contribution in [1.29, 1.82) is 0 Å². The number of carboxylic acid groups (broad SMARTS) is 1. The Bertz CT molecular complexity index is 390. The molecule has 0 aliphatic rings. The summed E-state index contributed by atoms with van der Waals surface area (Å²) in [5, 5.41) is 12.0. The number of ether oxygens (including phenoxy) is 1. The molecule has 0 bridgehead atoms. The van der Waals surface area contributed by atoms with Gasteiger partial charge in [0.05, 0.1) is 0 Å². The molecule has 0 saturated heterocycles. The minimum atomic E-state index is -0.930. The Hall–Kier alpha value is -1.55. The Morgan fingerprint density at radius 2 is 2.18 bits per heavy atom. The first-order valence-electron chi connectivity index (χ1n) is 5.66. The molecule has 1 unspecified atom stereocenters. The number of rotatable bonds is 6. The third-order valence-corrected chi connectivity index (χ3v) is 2.53. The highest BCUT2D eigenvalue weighted by atomic mass is 16.5. The van der Waals surface area contributed by atoms with E-state index in [-0.39, 0.29) is 0 Å². The van der Waals surface area contributed by atoms with Gasteiger partial charge in [-0.25, -0.2) is 4.79 Å². The van der Waals surface area contributed by atoms with Crippen LogP contribution in [0, 0.1) is 13.8 Å². The monoisotopic (exact) mass is 237 g/mol. The van der Waals surface area contributed by atoms with Crippen molar-refractivity contribution in [3.05, 3.63) is 29.3 Å². The number of hydrogen-bond acceptors (Lipinski definition) is 3. The third kappa shape index (κ3) is 4.07. The lowest BCUT2D eigenvalue weighted by molar-refractivity contribution is -0.145. The lowest BCUT2D eigenvalue weighted by Gasteiger charge is -2.16. The molecular weight excluding hydrogens is 218 g/mol. The second-order valence-corrected chi connectivity index (χ2v) is 4.11. The maximum atomic E-state index is 11.0. The Kier molecular flexibility index (Phi) is 4.97. The van der Waals surface area contributed by atoms with E-state index in [9.17, 15) is 4.79 Å². The van der Waals surface area contributed by atoms with Crippen molar-refractivity contribution in [2.24, 2.45) is 0 Å². The van der Waals surface area contributed by atoms with E-state index in [2.05, 4.69) is 5.32 Å².